The van der Waals surface area contributed by atoms with Gasteiger partial charge in [0, 0.05) is 23.7 Å². The molecule has 0 unspecified atom stereocenters. The molecule has 0 aliphatic rings. The van der Waals surface area contributed by atoms with Gasteiger partial charge in [0.25, 0.3) is 0 Å². The lowest BCUT2D eigenvalue weighted by molar-refractivity contribution is 0.263. The molecule has 0 saturated heterocycles. The van der Waals surface area contributed by atoms with Gasteiger partial charge in [-0.3, -0.25) is 4.68 Å². The summed E-state index contributed by atoms with van der Waals surface area (Å²) in [4.78, 5) is 5.95. The largest absolute Gasteiger partial charge is 0.394 e. The van der Waals surface area contributed by atoms with Gasteiger partial charge in [0.05, 0.1) is 13.2 Å². The van der Waals surface area contributed by atoms with Crippen molar-refractivity contribution in [1.29, 1.82) is 0 Å². The third-order valence-electron chi connectivity index (χ3n) is 3.50. The number of rotatable bonds is 7. The Hall–Kier alpha value is -1.99. The summed E-state index contributed by atoms with van der Waals surface area (Å²) < 4.78 is 3.70. The van der Waals surface area contributed by atoms with Crippen molar-refractivity contribution in [3.05, 3.63) is 52.5 Å². The van der Waals surface area contributed by atoms with Crippen molar-refractivity contribution in [2.24, 2.45) is 0 Å². The smallest absolute Gasteiger partial charge is 0.156 e. The van der Waals surface area contributed by atoms with E-state index in [1.54, 1.807) is 22.2 Å². The Kier molecular flexibility index (Phi) is 4.65. The van der Waals surface area contributed by atoms with Crippen LogP contribution in [-0.2, 0) is 13.0 Å². The third kappa shape index (κ3) is 3.10. The second-order valence-corrected chi connectivity index (χ2v) is 6.03. The van der Waals surface area contributed by atoms with Gasteiger partial charge in [-0.2, -0.15) is 10.2 Å². The molecule has 7 heteroatoms. The molecule has 0 aliphatic carbocycles. The minimum atomic E-state index is 0.0335. The topological polar surface area (TPSA) is 68.8 Å². The molecule has 22 heavy (non-hydrogen) atoms. The lowest BCUT2D eigenvalue weighted by Gasteiger charge is -2.15. The quantitative estimate of drug-likeness (QED) is 0.725. The molecule has 0 radical (unpaired) electrons. The van der Waals surface area contributed by atoms with Crippen LogP contribution in [0.3, 0.4) is 0 Å². The fraction of sp³-hybridized carbons (Fsp3) is 0.400. The summed E-state index contributed by atoms with van der Waals surface area (Å²) in [5, 5.41) is 20.2. The van der Waals surface area contributed by atoms with Crippen LogP contribution in [0, 0.1) is 0 Å². The molecule has 116 valence electrons. The molecule has 0 saturated carbocycles. The van der Waals surface area contributed by atoms with Gasteiger partial charge in [0.1, 0.15) is 6.04 Å². The van der Waals surface area contributed by atoms with Crippen LogP contribution < -0.4 is 0 Å². The molecule has 0 amide bonds. The Morgan fingerprint density at radius 1 is 1.36 bits per heavy atom. The molecular weight excluding hydrogens is 298 g/mol. The average Bonchev–Trinajstić information content (AvgIpc) is 3.24. The van der Waals surface area contributed by atoms with Crippen molar-refractivity contribution in [2.45, 2.75) is 32.4 Å². The zero-order valence-electron chi connectivity index (χ0n) is 12.5. The highest BCUT2D eigenvalue weighted by Gasteiger charge is 2.20. The SMILES string of the molecule is CC[C@@H](c1nc(Cc2cccs2)nn1CCO)n1cccn1. The number of nitrogens with zero attached hydrogens (tertiary/aromatic N) is 5. The molecule has 3 aromatic heterocycles. The number of aliphatic hydroxyl groups is 1. The predicted octanol–water partition coefficient (Wildman–Crippen LogP) is 2.12. The van der Waals surface area contributed by atoms with E-state index in [1.807, 2.05) is 23.0 Å². The Bertz CT molecular complexity index is 690. The molecule has 0 fully saturated rings. The number of aromatic nitrogens is 5. The fourth-order valence-corrected chi connectivity index (χ4v) is 3.21. The van der Waals surface area contributed by atoms with E-state index in [1.165, 1.54) is 4.88 Å². The average molecular weight is 317 g/mol. The van der Waals surface area contributed by atoms with Crippen LogP contribution in [0.15, 0.2) is 36.0 Å². The van der Waals surface area contributed by atoms with Crippen LogP contribution in [0.25, 0.3) is 0 Å². The molecule has 3 aromatic rings. The van der Waals surface area contributed by atoms with Gasteiger partial charge >= 0.3 is 0 Å². The van der Waals surface area contributed by atoms with Crippen molar-refractivity contribution in [1.82, 2.24) is 24.5 Å². The minimum absolute atomic E-state index is 0.0335. The van der Waals surface area contributed by atoms with E-state index in [0.29, 0.717) is 6.54 Å². The summed E-state index contributed by atoms with van der Waals surface area (Å²) in [7, 11) is 0. The first-order chi connectivity index (χ1) is 10.8. The van der Waals surface area contributed by atoms with E-state index in [-0.39, 0.29) is 12.6 Å². The van der Waals surface area contributed by atoms with Crippen molar-refractivity contribution < 1.29 is 5.11 Å². The Morgan fingerprint density at radius 3 is 2.91 bits per heavy atom. The van der Waals surface area contributed by atoms with E-state index < -0.39 is 0 Å². The molecule has 0 aromatic carbocycles. The zero-order chi connectivity index (χ0) is 15.4. The first kappa shape index (κ1) is 14.9. The molecule has 3 rings (SSSR count). The molecular formula is C15H19N5OS. The van der Waals surface area contributed by atoms with Crippen LogP contribution in [0.2, 0.25) is 0 Å². The number of hydrogen-bond donors (Lipinski definition) is 1. The first-order valence-electron chi connectivity index (χ1n) is 7.37. The standard InChI is InChI=1S/C15H19N5OS/c1-2-13(19-7-4-6-16-19)15-17-14(18-20(15)8-9-21)11-12-5-3-10-22-12/h3-7,10,13,21H,2,8-9,11H2,1H3/t13-/m0/s1. The lowest BCUT2D eigenvalue weighted by atomic mass is 10.2. The summed E-state index contributed by atoms with van der Waals surface area (Å²) in [5.74, 6) is 1.64. The summed E-state index contributed by atoms with van der Waals surface area (Å²) in [5.41, 5.74) is 0. The molecule has 0 bridgehead atoms. The number of thiophene rings is 1. The number of hydrogen-bond acceptors (Lipinski definition) is 5. The molecule has 3 heterocycles. The molecule has 0 aliphatic heterocycles. The highest BCUT2D eigenvalue weighted by Crippen LogP contribution is 2.21. The number of aliphatic hydroxyl groups excluding tert-OH is 1. The van der Waals surface area contributed by atoms with Crippen molar-refractivity contribution in [2.75, 3.05) is 6.61 Å². The summed E-state index contributed by atoms with van der Waals surface area (Å²) in [6.45, 7) is 2.60. The Morgan fingerprint density at radius 2 is 2.27 bits per heavy atom. The molecule has 1 atom stereocenters. The fourth-order valence-electron chi connectivity index (χ4n) is 2.51. The maximum atomic E-state index is 9.29. The molecule has 0 spiro atoms. The monoisotopic (exact) mass is 317 g/mol. The second kappa shape index (κ2) is 6.85. The van der Waals surface area contributed by atoms with E-state index in [4.69, 9.17) is 4.98 Å². The van der Waals surface area contributed by atoms with Crippen LogP contribution in [0.4, 0.5) is 0 Å². The normalized spacial score (nSPS) is 12.6. The second-order valence-electron chi connectivity index (χ2n) is 5.00. The maximum Gasteiger partial charge on any atom is 0.156 e. The van der Waals surface area contributed by atoms with Crippen LogP contribution in [0.1, 0.15) is 35.9 Å². The maximum absolute atomic E-state index is 9.29. The summed E-state index contributed by atoms with van der Waals surface area (Å²) >= 11 is 1.70. The van der Waals surface area contributed by atoms with Gasteiger partial charge in [-0.1, -0.05) is 13.0 Å². The lowest BCUT2D eigenvalue weighted by Crippen LogP contribution is -2.18. The van der Waals surface area contributed by atoms with E-state index in [9.17, 15) is 5.11 Å². The van der Waals surface area contributed by atoms with Gasteiger partial charge in [0.2, 0.25) is 0 Å². The first-order valence-corrected chi connectivity index (χ1v) is 8.25. The highest BCUT2D eigenvalue weighted by atomic mass is 32.1. The Balaban J connectivity index is 1.92. The van der Waals surface area contributed by atoms with Gasteiger partial charge in [-0.25, -0.2) is 9.67 Å². The van der Waals surface area contributed by atoms with Crippen LogP contribution in [0.5, 0.6) is 0 Å². The van der Waals surface area contributed by atoms with E-state index in [2.05, 4.69) is 28.6 Å². The van der Waals surface area contributed by atoms with Gasteiger partial charge in [0.15, 0.2) is 11.6 Å². The minimum Gasteiger partial charge on any atom is -0.394 e. The Labute approximate surface area is 133 Å². The van der Waals surface area contributed by atoms with Crippen LogP contribution in [-0.4, -0.2) is 36.3 Å². The zero-order valence-corrected chi connectivity index (χ0v) is 13.3. The van der Waals surface area contributed by atoms with Gasteiger partial charge in [-0.05, 0) is 23.9 Å². The van der Waals surface area contributed by atoms with Crippen molar-refractivity contribution in [3.63, 3.8) is 0 Å². The third-order valence-corrected chi connectivity index (χ3v) is 4.37. The molecule has 6 nitrogen and oxygen atoms in total. The van der Waals surface area contributed by atoms with E-state index >= 15 is 0 Å². The van der Waals surface area contributed by atoms with Crippen LogP contribution >= 0.6 is 11.3 Å². The predicted molar refractivity (Wildman–Crippen MR) is 84.9 cm³/mol. The highest BCUT2D eigenvalue weighted by molar-refractivity contribution is 7.09. The van der Waals surface area contributed by atoms with Gasteiger partial charge in [-0.15, -0.1) is 11.3 Å². The summed E-state index contributed by atoms with van der Waals surface area (Å²) in [6, 6.07) is 6.06. The van der Waals surface area contributed by atoms with E-state index in [0.717, 1.165) is 24.5 Å². The van der Waals surface area contributed by atoms with Gasteiger partial charge < -0.3 is 5.11 Å². The van der Waals surface area contributed by atoms with Crippen molar-refractivity contribution >= 4 is 11.3 Å². The molecule has 1 N–H and O–H groups in total. The summed E-state index contributed by atoms with van der Waals surface area (Å²) in [6.07, 6.45) is 5.29. The van der Waals surface area contributed by atoms with Crippen molar-refractivity contribution in [3.8, 4) is 0 Å².